The van der Waals surface area contributed by atoms with E-state index in [2.05, 4.69) is 55.3 Å². The maximum atomic E-state index is 4.32. The van der Waals surface area contributed by atoms with E-state index in [1.807, 2.05) is 16.8 Å². The molecule has 0 amide bonds. The number of aromatic nitrogens is 5. The molecule has 0 radical (unpaired) electrons. The van der Waals surface area contributed by atoms with Crippen LogP contribution in [0.4, 0.5) is 5.13 Å². The van der Waals surface area contributed by atoms with Gasteiger partial charge in [-0.25, -0.2) is 9.97 Å². The van der Waals surface area contributed by atoms with E-state index in [0.29, 0.717) is 12.5 Å². The topological polar surface area (TPSA) is 68.0 Å². The van der Waals surface area contributed by atoms with E-state index >= 15 is 0 Å². The quantitative estimate of drug-likeness (QED) is 0.750. The molecule has 0 saturated carbocycles. The van der Waals surface area contributed by atoms with Gasteiger partial charge in [0.1, 0.15) is 9.61 Å². The van der Waals surface area contributed by atoms with Gasteiger partial charge in [0.05, 0.1) is 24.6 Å². The molecule has 1 N–H and O–H groups in total. The minimum atomic E-state index is 0.592. The van der Waals surface area contributed by atoms with Crippen molar-refractivity contribution in [2.24, 2.45) is 5.92 Å². The average Bonchev–Trinajstić information content (AvgIpc) is 3.02. The predicted octanol–water partition coefficient (Wildman–Crippen LogP) is 3.15. The third-order valence-electron chi connectivity index (χ3n) is 2.91. The van der Waals surface area contributed by atoms with Gasteiger partial charge < -0.3 is 5.32 Å². The monoisotopic (exact) mass is 366 g/mol. The lowest BCUT2D eigenvalue weighted by Crippen LogP contribution is -2.02. The van der Waals surface area contributed by atoms with E-state index < -0.39 is 0 Å². The molecule has 0 aromatic carbocycles. The van der Waals surface area contributed by atoms with Crippen LogP contribution in [-0.4, -0.2) is 24.6 Å². The molecule has 0 aliphatic heterocycles. The molecule has 0 spiro atoms. The lowest BCUT2D eigenvalue weighted by Gasteiger charge is -2.02. The van der Waals surface area contributed by atoms with Gasteiger partial charge in [-0.15, -0.1) is 10.2 Å². The normalized spacial score (nSPS) is 11.4. The van der Waals surface area contributed by atoms with Crippen LogP contribution in [0.5, 0.6) is 0 Å². The van der Waals surface area contributed by atoms with Crippen LogP contribution in [0.25, 0.3) is 5.65 Å². The van der Waals surface area contributed by atoms with Crippen molar-refractivity contribution in [2.45, 2.75) is 26.8 Å². The summed E-state index contributed by atoms with van der Waals surface area (Å²) in [5.74, 6) is 0.592. The van der Waals surface area contributed by atoms with Gasteiger partial charge in [0.15, 0.2) is 5.65 Å². The highest BCUT2D eigenvalue weighted by atomic mass is 79.9. The first-order valence-electron chi connectivity index (χ1n) is 6.65. The molecule has 3 rings (SSSR count). The average molecular weight is 367 g/mol. The van der Waals surface area contributed by atoms with Gasteiger partial charge in [0.25, 0.3) is 0 Å². The van der Waals surface area contributed by atoms with Gasteiger partial charge in [-0.3, -0.25) is 4.40 Å². The van der Waals surface area contributed by atoms with Crippen molar-refractivity contribution < 1.29 is 0 Å². The van der Waals surface area contributed by atoms with Crippen LogP contribution in [0.2, 0.25) is 0 Å². The molecule has 0 atom stereocenters. The van der Waals surface area contributed by atoms with Crippen LogP contribution in [0, 0.1) is 5.92 Å². The SMILES string of the molecule is CC(C)Cc1nnc(NCc2cnc3cnc(Br)cn23)s1. The van der Waals surface area contributed by atoms with Crippen LogP contribution < -0.4 is 5.32 Å². The Hall–Kier alpha value is -1.54. The van der Waals surface area contributed by atoms with E-state index in [0.717, 1.165) is 32.5 Å². The molecule has 0 bridgehead atoms. The second kappa shape index (κ2) is 6.07. The zero-order valence-corrected chi connectivity index (χ0v) is 14.1. The van der Waals surface area contributed by atoms with Crippen molar-refractivity contribution >= 4 is 38.0 Å². The van der Waals surface area contributed by atoms with Crippen molar-refractivity contribution in [3.8, 4) is 0 Å². The Kier molecular flexibility index (Phi) is 4.16. The largest absolute Gasteiger partial charge is 0.354 e. The summed E-state index contributed by atoms with van der Waals surface area (Å²) in [6, 6.07) is 0. The molecule has 3 aromatic heterocycles. The minimum Gasteiger partial charge on any atom is -0.354 e. The zero-order chi connectivity index (χ0) is 14.8. The van der Waals surface area contributed by atoms with Crippen molar-refractivity contribution in [1.82, 2.24) is 24.6 Å². The summed E-state index contributed by atoms with van der Waals surface area (Å²) in [6.07, 6.45) is 6.45. The van der Waals surface area contributed by atoms with E-state index in [4.69, 9.17) is 0 Å². The Balaban J connectivity index is 1.71. The van der Waals surface area contributed by atoms with Crippen molar-refractivity contribution in [1.29, 1.82) is 0 Å². The van der Waals surface area contributed by atoms with Gasteiger partial charge in [-0.05, 0) is 21.8 Å². The van der Waals surface area contributed by atoms with Crippen LogP contribution in [-0.2, 0) is 13.0 Å². The summed E-state index contributed by atoms with van der Waals surface area (Å²) in [5.41, 5.74) is 1.88. The van der Waals surface area contributed by atoms with E-state index in [1.54, 1.807) is 17.5 Å². The zero-order valence-electron chi connectivity index (χ0n) is 11.7. The Morgan fingerprint density at radius 3 is 2.95 bits per heavy atom. The number of imidazole rings is 1. The smallest absolute Gasteiger partial charge is 0.205 e. The summed E-state index contributed by atoms with van der Waals surface area (Å²) >= 11 is 4.98. The number of hydrogen-bond donors (Lipinski definition) is 1. The molecule has 110 valence electrons. The summed E-state index contributed by atoms with van der Waals surface area (Å²) in [7, 11) is 0. The molecule has 0 unspecified atom stereocenters. The second-order valence-corrected chi connectivity index (χ2v) is 7.01. The highest BCUT2D eigenvalue weighted by Crippen LogP contribution is 2.19. The maximum Gasteiger partial charge on any atom is 0.205 e. The fraction of sp³-hybridized carbons (Fsp3) is 0.385. The standard InChI is InChI=1S/C13H15BrN6S/c1-8(2)3-12-18-19-13(21-12)17-5-9-4-16-11-6-15-10(14)7-20(9)11/h4,6-8H,3,5H2,1-2H3,(H,17,19). The molecule has 6 nitrogen and oxygen atoms in total. The van der Waals surface area contributed by atoms with Gasteiger partial charge in [0, 0.05) is 12.6 Å². The maximum absolute atomic E-state index is 4.32. The van der Waals surface area contributed by atoms with Crippen LogP contribution in [0.15, 0.2) is 23.2 Å². The Morgan fingerprint density at radius 2 is 2.14 bits per heavy atom. The molecule has 0 saturated heterocycles. The van der Waals surface area contributed by atoms with Crippen molar-refractivity contribution in [3.63, 3.8) is 0 Å². The van der Waals surface area contributed by atoms with E-state index in [1.165, 1.54) is 0 Å². The number of hydrogen-bond acceptors (Lipinski definition) is 6. The first-order valence-corrected chi connectivity index (χ1v) is 8.26. The van der Waals surface area contributed by atoms with Gasteiger partial charge >= 0.3 is 0 Å². The van der Waals surface area contributed by atoms with E-state index in [9.17, 15) is 0 Å². The molecule has 0 aliphatic rings. The third kappa shape index (κ3) is 3.38. The number of fused-ring (bicyclic) bond motifs is 1. The third-order valence-corrected chi connectivity index (χ3v) is 4.22. The molecular weight excluding hydrogens is 352 g/mol. The minimum absolute atomic E-state index is 0.592. The number of rotatable bonds is 5. The molecule has 8 heteroatoms. The molecule has 0 fully saturated rings. The Morgan fingerprint density at radius 1 is 1.29 bits per heavy atom. The fourth-order valence-electron chi connectivity index (χ4n) is 1.97. The number of nitrogens with zero attached hydrogens (tertiary/aromatic N) is 5. The summed E-state index contributed by atoms with van der Waals surface area (Å²) in [4.78, 5) is 8.49. The summed E-state index contributed by atoms with van der Waals surface area (Å²) in [6.45, 7) is 5.01. The molecule has 3 heterocycles. The number of halogens is 1. The first kappa shape index (κ1) is 14.4. The lowest BCUT2D eigenvalue weighted by molar-refractivity contribution is 0.640. The van der Waals surface area contributed by atoms with Gasteiger partial charge in [-0.2, -0.15) is 0 Å². The van der Waals surface area contributed by atoms with Crippen LogP contribution in [0.3, 0.4) is 0 Å². The molecule has 3 aromatic rings. The Bertz CT molecular complexity index is 750. The highest BCUT2D eigenvalue weighted by molar-refractivity contribution is 9.10. The van der Waals surface area contributed by atoms with Gasteiger partial charge in [0.2, 0.25) is 5.13 Å². The summed E-state index contributed by atoms with van der Waals surface area (Å²) < 4.78 is 2.78. The highest BCUT2D eigenvalue weighted by Gasteiger charge is 2.08. The molecular formula is C13H15BrN6S. The fourth-order valence-corrected chi connectivity index (χ4v) is 3.22. The molecule has 21 heavy (non-hydrogen) atoms. The lowest BCUT2D eigenvalue weighted by atomic mass is 10.1. The van der Waals surface area contributed by atoms with Gasteiger partial charge in [-0.1, -0.05) is 25.2 Å². The predicted molar refractivity (Wildman–Crippen MR) is 86.5 cm³/mol. The van der Waals surface area contributed by atoms with Crippen LogP contribution >= 0.6 is 27.3 Å². The number of nitrogens with one attached hydrogen (secondary N) is 1. The van der Waals surface area contributed by atoms with Crippen molar-refractivity contribution in [3.05, 3.63) is 33.9 Å². The second-order valence-electron chi connectivity index (χ2n) is 5.14. The van der Waals surface area contributed by atoms with Crippen LogP contribution in [0.1, 0.15) is 24.5 Å². The Labute approximate surface area is 134 Å². The van der Waals surface area contributed by atoms with Crippen molar-refractivity contribution in [2.75, 3.05) is 5.32 Å². The first-order chi connectivity index (χ1) is 10.1. The van der Waals surface area contributed by atoms with E-state index in [-0.39, 0.29) is 0 Å². The molecule has 0 aliphatic carbocycles. The summed E-state index contributed by atoms with van der Waals surface area (Å²) in [5, 5.41) is 13.6. The number of anilines is 1.